The van der Waals surface area contributed by atoms with E-state index in [0.29, 0.717) is 4.90 Å². The first-order valence-corrected chi connectivity index (χ1v) is 8.36. The van der Waals surface area contributed by atoms with Crippen LogP contribution in [0.4, 0.5) is 24.5 Å². The van der Waals surface area contributed by atoms with Crippen LogP contribution in [0.5, 0.6) is 5.75 Å². The van der Waals surface area contributed by atoms with Gasteiger partial charge in [-0.3, -0.25) is 14.9 Å². The number of nitrogens with one attached hydrogen (secondary N) is 1. The fourth-order valence-corrected chi connectivity index (χ4v) is 2.47. The van der Waals surface area contributed by atoms with Gasteiger partial charge in [0.1, 0.15) is 11.3 Å². The van der Waals surface area contributed by atoms with Gasteiger partial charge >= 0.3 is 6.18 Å². The van der Waals surface area contributed by atoms with Crippen molar-refractivity contribution in [2.24, 2.45) is 0 Å². The van der Waals surface area contributed by atoms with Gasteiger partial charge in [-0.1, -0.05) is 12.1 Å². The molecule has 0 saturated heterocycles. The first-order valence-electron chi connectivity index (χ1n) is 7.13. The lowest BCUT2D eigenvalue weighted by Gasteiger charge is -2.14. The van der Waals surface area contributed by atoms with Crippen molar-refractivity contribution >= 4 is 29.0 Å². The van der Waals surface area contributed by atoms with E-state index in [-0.39, 0.29) is 17.0 Å². The standard InChI is InChI=1S/C16H13F3N2O4S/c1-26-10-6-7-13(21(23)24)11(8-10)15(22)20-12-4-2-3-5-14(12)25-9-16(17,18)19/h2-8H,9H2,1H3,(H,20,22). The number of ether oxygens (including phenoxy) is 1. The van der Waals surface area contributed by atoms with Crippen LogP contribution in [-0.4, -0.2) is 29.9 Å². The number of benzene rings is 2. The van der Waals surface area contributed by atoms with E-state index in [4.69, 9.17) is 0 Å². The molecular weight excluding hydrogens is 373 g/mol. The van der Waals surface area contributed by atoms with E-state index in [0.717, 1.165) is 0 Å². The number of nitrogens with zero attached hydrogens (tertiary/aromatic N) is 1. The summed E-state index contributed by atoms with van der Waals surface area (Å²) in [7, 11) is 0. The van der Waals surface area contributed by atoms with Gasteiger partial charge < -0.3 is 10.1 Å². The molecular formula is C16H13F3N2O4S. The van der Waals surface area contributed by atoms with Crippen molar-refractivity contribution in [2.45, 2.75) is 11.1 Å². The number of halogens is 3. The molecule has 6 nitrogen and oxygen atoms in total. The molecule has 138 valence electrons. The number of rotatable bonds is 6. The number of carbonyl (C=O) groups is 1. The average Bonchev–Trinajstić information content (AvgIpc) is 2.59. The molecule has 10 heteroatoms. The monoisotopic (exact) mass is 386 g/mol. The highest BCUT2D eigenvalue weighted by Crippen LogP contribution is 2.29. The summed E-state index contributed by atoms with van der Waals surface area (Å²) in [6, 6.07) is 9.58. The zero-order chi connectivity index (χ0) is 19.3. The molecule has 26 heavy (non-hydrogen) atoms. The summed E-state index contributed by atoms with van der Waals surface area (Å²) in [5.41, 5.74) is -0.632. The molecule has 0 radical (unpaired) electrons. The zero-order valence-corrected chi connectivity index (χ0v) is 14.2. The van der Waals surface area contributed by atoms with Gasteiger partial charge in [0.05, 0.1) is 10.6 Å². The molecule has 1 amide bonds. The third-order valence-electron chi connectivity index (χ3n) is 3.17. The van der Waals surface area contributed by atoms with Crippen molar-refractivity contribution in [2.75, 3.05) is 18.2 Å². The summed E-state index contributed by atoms with van der Waals surface area (Å²) in [4.78, 5) is 23.5. The minimum atomic E-state index is -4.54. The van der Waals surface area contributed by atoms with E-state index in [2.05, 4.69) is 10.1 Å². The summed E-state index contributed by atoms with van der Waals surface area (Å²) < 4.78 is 41.7. The van der Waals surface area contributed by atoms with Gasteiger partial charge in [0.15, 0.2) is 6.61 Å². The minimum absolute atomic E-state index is 0.0226. The van der Waals surface area contributed by atoms with Crippen LogP contribution in [0.1, 0.15) is 10.4 Å². The van der Waals surface area contributed by atoms with E-state index in [9.17, 15) is 28.1 Å². The summed E-state index contributed by atoms with van der Waals surface area (Å²) in [6.45, 7) is -1.53. The lowest BCUT2D eigenvalue weighted by atomic mass is 10.1. The van der Waals surface area contributed by atoms with E-state index >= 15 is 0 Å². The Morgan fingerprint density at radius 3 is 2.58 bits per heavy atom. The number of thioether (sulfide) groups is 1. The molecule has 0 spiro atoms. The van der Waals surface area contributed by atoms with Crippen molar-refractivity contribution in [1.82, 2.24) is 0 Å². The molecule has 0 atom stereocenters. The normalized spacial score (nSPS) is 11.1. The Morgan fingerprint density at radius 1 is 1.27 bits per heavy atom. The molecule has 1 N–H and O–H groups in total. The van der Waals surface area contributed by atoms with Crippen molar-refractivity contribution in [1.29, 1.82) is 0 Å². The topological polar surface area (TPSA) is 81.5 Å². The Kier molecular flexibility index (Phi) is 6.09. The number of para-hydroxylation sites is 2. The van der Waals surface area contributed by atoms with Gasteiger partial charge in [-0.25, -0.2) is 0 Å². The van der Waals surface area contributed by atoms with E-state index in [1.807, 2.05) is 0 Å². The van der Waals surface area contributed by atoms with E-state index in [1.54, 1.807) is 6.26 Å². The zero-order valence-electron chi connectivity index (χ0n) is 13.4. The lowest BCUT2D eigenvalue weighted by molar-refractivity contribution is -0.385. The number of hydrogen-bond donors (Lipinski definition) is 1. The molecule has 0 fully saturated rings. The van der Waals surface area contributed by atoms with Gasteiger partial charge in [0.25, 0.3) is 11.6 Å². The van der Waals surface area contributed by atoms with Crippen LogP contribution in [-0.2, 0) is 0 Å². The quantitative estimate of drug-likeness (QED) is 0.449. The van der Waals surface area contributed by atoms with E-state index in [1.165, 1.54) is 54.2 Å². The fourth-order valence-electron chi connectivity index (χ4n) is 2.03. The molecule has 0 aromatic heterocycles. The van der Waals surface area contributed by atoms with Gasteiger partial charge in [-0.05, 0) is 30.5 Å². The molecule has 0 unspecified atom stereocenters. The van der Waals surface area contributed by atoms with Crippen LogP contribution in [0.15, 0.2) is 47.4 Å². The van der Waals surface area contributed by atoms with Gasteiger partial charge in [-0.2, -0.15) is 13.2 Å². The van der Waals surface area contributed by atoms with E-state index < -0.39 is 29.3 Å². The predicted octanol–water partition coefficient (Wildman–Crippen LogP) is 4.51. The first kappa shape index (κ1) is 19.6. The van der Waals surface area contributed by atoms with Gasteiger partial charge in [-0.15, -0.1) is 11.8 Å². The molecule has 0 aliphatic carbocycles. The molecule has 0 aliphatic heterocycles. The van der Waals surface area contributed by atoms with Crippen molar-refractivity contribution in [3.63, 3.8) is 0 Å². The highest BCUT2D eigenvalue weighted by atomic mass is 32.2. The maximum atomic E-state index is 12.5. The number of amides is 1. The molecule has 0 heterocycles. The van der Waals surface area contributed by atoms with Crippen LogP contribution < -0.4 is 10.1 Å². The molecule has 2 aromatic rings. The Balaban J connectivity index is 2.29. The second kappa shape index (κ2) is 8.09. The Labute approximate surface area is 150 Å². The number of alkyl halides is 3. The van der Waals surface area contributed by atoms with Crippen LogP contribution in [0.3, 0.4) is 0 Å². The van der Waals surface area contributed by atoms with Crippen LogP contribution in [0.25, 0.3) is 0 Å². The maximum absolute atomic E-state index is 12.5. The molecule has 2 rings (SSSR count). The maximum Gasteiger partial charge on any atom is 0.422 e. The predicted molar refractivity (Wildman–Crippen MR) is 90.8 cm³/mol. The average molecular weight is 386 g/mol. The number of anilines is 1. The summed E-state index contributed by atoms with van der Waals surface area (Å²) in [5.74, 6) is -1.02. The van der Waals surface area contributed by atoms with Crippen LogP contribution in [0.2, 0.25) is 0 Å². The summed E-state index contributed by atoms with van der Waals surface area (Å²) >= 11 is 1.29. The number of nitro benzene ring substituents is 1. The number of nitro groups is 1. The first-order chi connectivity index (χ1) is 12.2. The fraction of sp³-hybridized carbons (Fsp3) is 0.188. The van der Waals surface area contributed by atoms with Crippen LogP contribution >= 0.6 is 11.8 Å². The Morgan fingerprint density at radius 2 is 1.96 bits per heavy atom. The second-order valence-corrected chi connectivity index (χ2v) is 5.87. The van der Waals surface area contributed by atoms with Crippen LogP contribution in [0, 0.1) is 10.1 Å². The lowest BCUT2D eigenvalue weighted by Crippen LogP contribution is -2.20. The van der Waals surface area contributed by atoms with Gasteiger partial charge in [0.2, 0.25) is 0 Å². The third kappa shape index (κ3) is 5.12. The van der Waals surface area contributed by atoms with Crippen molar-refractivity contribution in [3.8, 4) is 5.75 Å². The second-order valence-electron chi connectivity index (χ2n) is 4.99. The van der Waals surface area contributed by atoms with Gasteiger partial charge in [0, 0.05) is 11.0 Å². The molecule has 0 aliphatic rings. The Hall–Kier alpha value is -2.75. The molecule has 0 saturated carbocycles. The molecule has 0 bridgehead atoms. The summed E-state index contributed by atoms with van der Waals surface area (Å²) in [6.07, 6.45) is -2.80. The smallest absolute Gasteiger partial charge is 0.422 e. The Bertz CT molecular complexity index is 827. The third-order valence-corrected chi connectivity index (χ3v) is 3.90. The van der Waals surface area contributed by atoms with Crippen molar-refractivity contribution < 1.29 is 27.6 Å². The van der Waals surface area contributed by atoms with Crippen molar-refractivity contribution in [3.05, 3.63) is 58.1 Å². The largest absolute Gasteiger partial charge is 0.482 e. The molecule has 2 aromatic carbocycles. The summed E-state index contributed by atoms with van der Waals surface area (Å²) in [5, 5.41) is 13.5. The highest BCUT2D eigenvalue weighted by Gasteiger charge is 2.29. The SMILES string of the molecule is CSc1ccc([N+](=O)[O-])c(C(=O)Nc2ccccc2OCC(F)(F)F)c1. The highest BCUT2D eigenvalue weighted by molar-refractivity contribution is 7.98. The minimum Gasteiger partial charge on any atom is -0.482 e. The number of carbonyl (C=O) groups excluding carboxylic acids is 1. The number of hydrogen-bond acceptors (Lipinski definition) is 5.